The molecule has 8 heteroatoms. The lowest BCUT2D eigenvalue weighted by molar-refractivity contribution is -0.118. The van der Waals surface area contributed by atoms with Crippen molar-refractivity contribution < 1.29 is 9.59 Å². The van der Waals surface area contributed by atoms with Crippen molar-refractivity contribution in [3.8, 4) is 0 Å². The minimum Gasteiger partial charge on any atom is -0.354 e. The molecule has 0 aliphatic carbocycles. The Morgan fingerprint density at radius 2 is 2.04 bits per heavy atom. The van der Waals surface area contributed by atoms with E-state index in [1.807, 2.05) is 43.8 Å². The van der Waals surface area contributed by atoms with Gasteiger partial charge in [-0.2, -0.15) is 5.10 Å². The van der Waals surface area contributed by atoms with Crippen molar-refractivity contribution in [2.45, 2.75) is 32.2 Å². The number of nitrogens with zero attached hydrogens (tertiary/aromatic N) is 4. The molecule has 0 radical (unpaired) electrons. The topological polar surface area (TPSA) is 84.2 Å². The zero-order valence-corrected chi connectivity index (χ0v) is 16.5. The molecule has 2 aromatic heterocycles. The Morgan fingerprint density at radius 1 is 1.26 bits per heavy atom. The number of aromatic nitrogens is 3. The molecule has 2 N–H and O–H groups in total. The summed E-state index contributed by atoms with van der Waals surface area (Å²) in [6.07, 6.45) is 3.16. The summed E-state index contributed by atoms with van der Waals surface area (Å²) in [5.41, 5.74) is 2.57. The molecule has 146 valence electrons. The second-order valence-corrected chi connectivity index (χ2v) is 7.11. The van der Waals surface area contributed by atoms with Crippen LogP contribution in [-0.4, -0.2) is 51.2 Å². The van der Waals surface area contributed by atoms with Crippen molar-refractivity contribution >= 4 is 17.6 Å². The first-order valence-electron chi connectivity index (χ1n) is 9.33. The van der Waals surface area contributed by atoms with E-state index in [4.69, 9.17) is 0 Å². The molecular formula is C19H28N6O2. The van der Waals surface area contributed by atoms with Gasteiger partial charge in [-0.05, 0) is 38.4 Å². The van der Waals surface area contributed by atoms with Gasteiger partial charge in [-0.3, -0.25) is 19.2 Å². The van der Waals surface area contributed by atoms with Gasteiger partial charge in [0.2, 0.25) is 5.91 Å². The van der Waals surface area contributed by atoms with E-state index in [1.165, 1.54) is 0 Å². The summed E-state index contributed by atoms with van der Waals surface area (Å²) < 4.78 is 3.61. The number of carbonyl (C=O) groups excluding carboxylic acids is 2. The Bertz CT molecular complexity index is 837. The molecule has 1 atom stereocenters. The summed E-state index contributed by atoms with van der Waals surface area (Å²) in [7, 11) is 5.36. The van der Waals surface area contributed by atoms with Crippen LogP contribution in [0.25, 0.3) is 0 Å². The van der Waals surface area contributed by atoms with E-state index in [2.05, 4.69) is 20.6 Å². The lowest BCUT2D eigenvalue weighted by atomic mass is 9.99. The van der Waals surface area contributed by atoms with E-state index in [0.717, 1.165) is 37.2 Å². The maximum Gasteiger partial charge on any atom is 0.267 e. The number of rotatable bonds is 5. The molecule has 3 heterocycles. The first kappa shape index (κ1) is 19.2. The fourth-order valence-corrected chi connectivity index (χ4v) is 3.83. The number of piperidine rings is 1. The molecule has 3 rings (SSSR count). The number of anilines is 1. The predicted octanol–water partition coefficient (Wildman–Crippen LogP) is 1.59. The fraction of sp³-hybridized carbons (Fsp3) is 0.526. The van der Waals surface area contributed by atoms with Gasteiger partial charge in [0.15, 0.2) is 0 Å². The molecule has 1 aliphatic rings. The first-order valence-corrected chi connectivity index (χ1v) is 9.33. The summed E-state index contributed by atoms with van der Waals surface area (Å²) in [5.74, 6) is 0.549. The smallest absolute Gasteiger partial charge is 0.267 e. The van der Waals surface area contributed by atoms with Crippen LogP contribution in [0, 0.1) is 6.92 Å². The van der Waals surface area contributed by atoms with Crippen LogP contribution in [0.3, 0.4) is 0 Å². The number of aryl methyl sites for hydroxylation is 2. The highest BCUT2D eigenvalue weighted by Crippen LogP contribution is 2.31. The highest BCUT2D eigenvalue weighted by molar-refractivity contribution is 5.93. The molecule has 8 nitrogen and oxygen atoms in total. The molecule has 0 aromatic carbocycles. The van der Waals surface area contributed by atoms with Crippen LogP contribution < -0.4 is 10.6 Å². The molecule has 0 spiro atoms. The first-order chi connectivity index (χ1) is 12.9. The van der Waals surface area contributed by atoms with Crippen molar-refractivity contribution in [3.63, 3.8) is 0 Å². The summed E-state index contributed by atoms with van der Waals surface area (Å²) in [6, 6.07) is 5.83. The van der Waals surface area contributed by atoms with Crippen LogP contribution in [0.15, 0.2) is 18.2 Å². The van der Waals surface area contributed by atoms with E-state index < -0.39 is 0 Å². The quantitative estimate of drug-likeness (QED) is 0.835. The number of likely N-dealkylation sites (tertiary alicyclic amines) is 1. The standard InChI is InChI=1S/C19H28N6O2/c1-13-11-17(24(4)22-13)21-18(26)12-25-10-6-5-7-15(25)14-8-9-16(23(14)3)19(27)20-2/h8-9,11,15H,5-7,10,12H2,1-4H3,(H,20,27)(H,21,26)/t15-/m0/s1. The fourth-order valence-electron chi connectivity index (χ4n) is 3.83. The summed E-state index contributed by atoms with van der Waals surface area (Å²) >= 11 is 0. The van der Waals surface area contributed by atoms with E-state index >= 15 is 0 Å². The molecule has 1 saturated heterocycles. The third-order valence-electron chi connectivity index (χ3n) is 5.19. The van der Waals surface area contributed by atoms with Gasteiger partial charge in [-0.1, -0.05) is 6.42 Å². The molecular weight excluding hydrogens is 344 g/mol. The highest BCUT2D eigenvalue weighted by Gasteiger charge is 2.28. The number of carbonyl (C=O) groups is 2. The van der Waals surface area contributed by atoms with Gasteiger partial charge < -0.3 is 15.2 Å². The van der Waals surface area contributed by atoms with Gasteiger partial charge in [-0.15, -0.1) is 0 Å². The third kappa shape index (κ3) is 4.05. The zero-order chi connectivity index (χ0) is 19.6. The third-order valence-corrected chi connectivity index (χ3v) is 5.19. The Balaban J connectivity index is 1.74. The minimum absolute atomic E-state index is 0.0503. The lowest BCUT2D eigenvalue weighted by Gasteiger charge is -2.35. The Morgan fingerprint density at radius 3 is 2.70 bits per heavy atom. The molecule has 0 saturated carbocycles. The number of amides is 2. The number of hydrogen-bond donors (Lipinski definition) is 2. The summed E-state index contributed by atoms with van der Waals surface area (Å²) in [4.78, 5) is 26.8. The minimum atomic E-state index is -0.101. The van der Waals surface area contributed by atoms with E-state index in [0.29, 0.717) is 18.1 Å². The maximum absolute atomic E-state index is 12.6. The van der Waals surface area contributed by atoms with Crippen LogP contribution in [0.1, 0.15) is 47.2 Å². The molecule has 2 amide bonds. The zero-order valence-electron chi connectivity index (χ0n) is 16.5. The maximum atomic E-state index is 12.6. The van der Waals surface area contributed by atoms with E-state index in [1.54, 1.807) is 11.7 Å². The molecule has 0 unspecified atom stereocenters. The van der Waals surface area contributed by atoms with Gasteiger partial charge in [0.25, 0.3) is 5.91 Å². The Labute approximate surface area is 159 Å². The van der Waals surface area contributed by atoms with Gasteiger partial charge in [0.05, 0.1) is 18.3 Å². The lowest BCUT2D eigenvalue weighted by Crippen LogP contribution is -2.40. The van der Waals surface area contributed by atoms with Crippen LogP contribution in [-0.2, 0) is 18.9 Å². The Hall–Kier alpha value is -2.61. The summed E-state index contributed by atoms with van der Waals surface area (Å²) in [5, 5.41) is 9.88. The molecule has 27 heavy (non-hydrogen) atoms. The Kier molecular flexibility index (Phi) is 5.65. The second-order valence-electron chi connectivity index (χ2n) is 7.11. The summed E-state index contributed by atoms with van der Waals surface area (Å²) in [6.45, 7) is 3.08. The number of hydrogen-bond acceptors (Lipinski definition) is 4. The van der Waals surface area contributed by atoms with Gasteiger partial charge in [0, 0.05) is 32.9 Å². The van der Waals surface area contributed by atoms with E-state index in [9.17, 15) is 9.59 Å². The van der Waals surface area contributed by atoms with Crippen molar-refractivity contribution in [1.29, 1.82) is 0 Å². The van der Waals surface area contributed by atoms with Crippen LogP contribution in [0.5, 0.6) is 0 Å². The van der Waals surface area contributed by atoms with Gasteiger partial charge >= 0.3 is 0 Å². The molecule has 0 bridgehead atoms. The predicted molar refractivity (Wildman–Crippen MR) is 104 cm³/mol. The average molecular weight is 372 g/mol. The van der Waals surface area contributed by atoms with Gasteiger partial charge in [-0.25, -0.2) is 0 Å². The van der Waals surface area contributed by atoms with Gasteiger partial charge in [0.1, 0.15) is 11.5 Å². The van der Waals surface area contributed by atoms with Crippen molar-refractivity contribution in [3.05, 3.63) is 35.3 Å². The molecule has 1 aliphatic heterocycles. The van der Waals surface area contributed by atoms with Crippen molar-refractivity contribution in [2.75, 3.05) is 25.5 Å². The highest BCUT2D eigenvalue weighted by atomic mass is 16.2. The van der Waals surface area contributed by atoms with Crippen LogP contribution >= 0.6 is 0 Å². The van der Waals surface area contributed by atoms with Crippen molar-refractivity contribution in [1.82, 2.24) is 24.6 Å². The largest absolute Gasteiger partial charge is 0.354 e. The normalized spacial score (nSPS) is 17.7. The monoisotopic (exact) mass is 372 g/mol. The SMILES string of the molecule is CNC(=O)c1ccc([C@@H]2CCCCN2CC(=O)Nc2cc(C)nn2C)n1C. The number of nitrogens with one attached hydrogen (secondary N) is 2. The average Bonchev–Trinajstić information content (AvgIpc) is 3.16. The van der Waals surface area contributed by atoms with Crippen LogP contribution in [0.4, 0.5) is 5.82 Å². The van der Waals surface area contributed by atoms with Crippen molar-refractivity contribution in [2.24, 2.45) is 14.1 Å². The molecule has 2 aromatic rings. The molecule has 1 fully saturated rings. The second kappa shape index (κ2) is 7.96. The van der Waals surface area contributed by atoms with Crippen LogP contribution in [0.2, 0.25) is 0 Å². The van der Waals surface area contributed by atoms with E-state index in [-0.39, 0.29) is 17.9 Å².